The molecule has 2 aliphatic rings. The minimum Gasteiger partial charge on any atom is -0.356 e. The molecule has 136 valence electrons. The van der Waals surface area contributed by atoms with Crippen molar-refractivity contribution in [3.05, 3.63) is 53.0 Å². The van der Waals surface area contributed by atoms with Gasteiger partial charge in [0.2, 0.25) is 0 Å². The number of halogens is 1. The Labute approximate surface area is 152 Å². The number of rotatable bonds is 3. The lowest BCUT2D eigenvalue weighted by Crippen LogP contribution is -2.32. The first-order chi connectivity index (χ1) is 12.7. The number of carbonyl (C=O) groups excluding carboxylic acids is 1. The van der Waals surface area contributed by atoms with Gasteiger partial charge in [0.1, 0.15) is 11.6 Å². The van der Waals surface area contributed by atoms with Crippen LogP contribution >= 0.6 is 0 Å². The molecule has 0 aliphatic carbocycles. The summed E-state index contributed by atoms with van der Waals surface area (Å²) in [6.45, 7) is 3.22. The second-order valence-corrected chi connectivity index (χ2v) is 6.87. The zero-order valence-corrected chi connectivity index (χ0v) is 14.7. The standard InChI is InChI=1S/C20H23FN4O/c21-18-15-8-10-22-13-14(15)6-7-17(18)24-20(26)16-5-4-9-23-19(16)25-11-2-1-3-12-25/h4-7,9,22H,1-3,8,10-13H2,(H,24,26). The Hall–Kier alpha value is -2.47. The van der Waals surface area contributed by atoms with Crippen molar-refractivity contribution >= 4 is 17.4 Å². The van der Waals surface area contributed by atoms with Gasteiger partial charge in [0.05, 0.1) is 11.3 Å². The highest BCUT2D eigenvalue weighted by Crippen LogP contribution is 2.27. The van der Waals surface area contributed by atoms with E-state index in [9.17, 15) is 9.18 Å². The molecule has 6 heteroatoms. The molecule has 0 unspecified atom stereocenters. The molecule has 2 N–H and O–H groups in total. The molecule has 1 fully saturated rings. The van der Waals surface area contributed by atoms with Crippen LogP contribution in [0.15, 0.2) is 30.5 Å². The molecule has 2 aromatic rings. The third-order valence-corrected chi connectivity index (χ3v) is 5.14. The average Bonchev–Trinajstić information content (AvgIpc) is 2.71. The molecule has 4 rings (SSSR count). The summed E-state index contributed by atoms with van der Waals surface area (Å²) in [7, 11) is 0. The Morgan fingerprint density at radius 3 is 2.88 bits per heavy atom. The van der Waals surface area contributed by atoms with E-state index in [2.05, 4.69) is 20.5 Å². The number of benzene rings is 1. The van der Waals surface area contributed by atoms with Crippen LogP contribution < -0.4 is 15.5 Å². The van der Waals surface area contributed by atoms with Gasteiger partial charge in [0.15, 0.2) is 0 Å². The van der Waals surface area contributed by atoms with Crippen molar-refractivity contribution in [2.45, 2.75) is 32.2 Å². The highest BCUT2D eigenvalue weighted by molar-refractivity contribution is 6.07. The molecule has 5 nitrogen and oxygen atoms in total. The van der Waals surface area contributed by atoms with E-state index in [-0.39, 0.29) is 17.4 Å². The van der Waals surface area contributed by atoms with Crippen LogP contribution in [-0.2, 0) is 13.0 Å². The van der Waals surface area contributed by atoms with Crippen LogP contribution in [0.2, 0.25) is 0 Å². The molecular formula is C20H23FN4O. The van der Waals surface area contributed by atoms with Crippen molar-refractivity contribution in [1.82, 2.24) is 10.3 Å². The van der Waals surface area contributed by atoms with Crippen LogP contribution in [0.5, 0.6) is 0 Å². The summed E-state index contributed by atoms with van der Waals surface area (Å²) in [4.78, 5) is 19.4. The van der Waals surface area contributed by atoms with Crippen molar-refractivity contribution in [2.24, 2.45) is 0 Å². The van der Waals surface area contributed by atoms with Crippen LogP contribution in [0.25, 0.3) is 0 Å². The fourth-order valence-corrected chi connectivity index (χ4v) is 3.75. The van der Waals surface area contributed by atoms with Gasteiger partial charge in [-0.15, -0.1) is 0 Å². The van der Waals surface area contributed by atoms with Gasteiger partial charge in [0.25, 0.3) is 5.91 Å². The quantitative estimate of drug-likeness (QED) is 0.889. The largest absolute Gasteiger partial charge is 0.356 e. The lowest BCUT2D eigenvalue weighted by molar-refractivity contribution is 0.102. The first kappa shape index (κ1) is 17.0. The van der Waals surface area contributed by atoms with E-state index in [4.69, 9.17) is 0 Å². The van der Waals surface area contributed by atoms with Crippen LogP contribution in [-0.4, -0.2) is 30.5 Å². The van der Waals surface area contributed by atoms with Gasteiger partial charge in [-0.3, -0.25) is 4.79 Å². The molecule has 0 bridgehead atoms. The molecule has 26 heavy (non-hydrogen) atoms. The van der Waals surface area contributed by atoms with E-state index >= 15 is 0 Å². The van der Waals surface area contributed by atoms with Gasteiger partial charge in [-0.05, 0) is 61.6 Å². The van der Waals surface area contributed by atoms with Gasteiger partial charge < -0.3 is 15.5 Å². The second-order valence-electron chi connectivity index (χ2n) is 6.87. The molecule has 1 saturated heterocycles. The highest BCUT2D eigenvalue weighted by Gasteiger charge is 2.22. The number of piperidine rings is 1. The number of nitrogens with one attached hydrogen (secondary N) is 2. The monoisotopic (exact) mass is 354 g/mol. The lowest BCUT2D eigenvalue weighted by atomic mass is 9.99. The smallest absolute Gasteiger partial charge is 0.259 e. The third kappa shape index (κ3) is 3.29. The van der Waals surface area contributed by atoms with Crippen molar-refractivity contribution in [1.29, 1.82) is 0 Å². The molecule has 1 aromatic heterocycles. The van der Waals surface area contributed by atoms with Crippen LogP contribution in [0.1, 0.15) is 40.7 Å². The SMILES string of the molecule is O=C(Nc1ccc2c(c1F)CCNC2)c1cccnc1N1CCCCC1. The highest BCUT2D eigenvalue weighted by atomic mass is 19.1. The second kappa shape index (κ2) is 7.41. The van der Waals surface area contributed by atoms with E-state index in [1.54, 1.807) is 24.4 Å². The first-order valence-corrected chi connectivity index (χ1v) is 9.26. The summed E-state index contributed by atoms with van der Waals surface area (Å²) < 4.78 is 14.8. The summed E-state index contributed by atoms with van der Waals surface area (Å²) in [5.74, 6) is 0.0551. The fourth-order valence-electron chi connectivity index (χ4n) is 3.75. The molecule has 1 aromatic carbocycles. The van der Waals surface area contributed by atoms with Gasteiger partial charge in [0, 0.05) is 25.8 Å². The molecule has 0 spiro atoms. The van der Waals surface area contributed by atoms with Crippen molar-refractivity contribution in [3.8, 4) is 0 Å². The van der Waals surface area contributed by atoms with Gasteiger partial charge in [-0.2, -0.15) is 0 Å². The summed E-state index contributed by atoms with van der Waals surface area (Å²) in [5.41, 5.74) is 2.39. The molecule has 1 amide bonds. The van der Waals surface area contributed by atoms with Gasteiger partial charge in [-0.1, -0.05) is 6.07 Å². The number of anilines is 2. The van der Waals surface area contributed by atoms with E-state index < -0.39 is 0 Å². The molecule has 0 radical (unpaired) electrons. The van der Waals surface area contributed by atoms with Crippen LogP contribution in [0.4, 0.5) is 15.9 Å². The van der Waals surface area contributed by atoms with Crippen molar-refractivity contribution in [2.75, 3.05) is 29.9 Å². The summed E-state index contributed by atoms with van der Waals surface area (Å²) in [6, 6.07) is 7.04. The number of amides is 1. The number of hydrogen-bond acceptors (Lipinski definition) is 4. The van der Waals surface area contributed by atoms with E-state index in [1.165, 1.54) is 6.42 Å². The maximum atomic E-state index is 14.8. The molecule has 0 atom stereocenters. The number of nitrogens with zero attached hydrogens (tertiary/aromatic N) is 2. The van der Waals surface area contributed by atoms with Crippen LogP contribution in [0, 0.1) is 5.82 Å². The van der Waals surface area contributed by atoms with Gasteiger partial charge >= 0.3 is 0 Å². The average molecular weight is 354 g/mol. The first-order valence-electron chi connectivity index (χ1n) is 9.26. The minimum atomic E-state index is -0.319. The van der Waals surface area contributed by atoms with Gasteiger partial charge in [-0.25, -0.2) is 9.37 Å². The number of hydrogen-bond donors (Lipinski definition) is 2. The fraction of sp³-hybridized carbons (Fsp3) is 0.400. The Morgan fingerprint density at radius 1 is 1.19 bits per heavy atom. The van der Waals surface area contributed by atoms with Crippen molar-refractivity contribution < 1.29 is 9.18 Å². The number of aromatic nitrogens is 1. The zero-order valence-electron chi connectivity index (χ0n) is 14.7. The van der Waals surface area contributed by atoms with Crippen LogP contribution in [0.3, 0.4) is 0 Å². The predicted molar refractivity (Wildman–Crippen MR) is 100 cm³/mol. The maximum Gasteiger partial charge on any atom is 0.259 e. The van der Waals surface area contributed by atoms with E-state index in [1.807, 2.05) is 6.07 Å². The third-order valence-electron chi connectivity index (χ3n) is 5.14. The zero-order chi connectivity index (χ0) is 17.9. The topological polar surface area (TPSA) is 57.3 Å². The normalized spacial score (nSPS) is 16.9. The summed E-state index contributed by atoms with van der Waals surface area (Å²) in [5, 5.41) is 5.99. The minimum absolute atomic E-state index is 0.240. The Morgan fingerprint density at radius 2 is 2.04 bits per heavy atom. The predicted octanol–water partition coefficient (Wildman–Crippen LogP) is 3.11. The molecule has 2 aliphatic heterocycles. The number of carbonyl (C=O) groups is 1. The summed E-state index contributed by atoms with van der Waals surface area (Å²) >= 11 is 0. The number of fused-ring (bicyclic) bond motifs is 1. The van der Waals surface area contributed by atoms with Crippen molar-refractivity contribution in [3.63, 3.8) is 0 Å². The summed E-state index contributed by atoms with van der Waals surface area (Å²) in [6.07, 6.45) is 5.75. The maximum absolute atomic E-state index is 14.8. The van der Waals surface area contributed by atoms with E-state index in [0.717, 1.165) is 38.0 Å². The molecule has 3 heterocycles. The lowest BCUT2D eigenvalue weighted by Gasteiger charge is -2.29. The number of pyridine rings is 1. The Kier molecular flexibility index (Phi) is 4.84. The molecule has 0 saturated carbocycles. The Balaban J connectivity index is 1.59. The molecular weight excluding hydrogens is 331 g/mol. The van der Waals surface area contributed by atoms with E-state index in [0.29, 0.717) is 29.9 Å². The Bertz CT molecular complexity index is 817.